The van der Waals surface area contributed by atoms with Crippen molar-refractivity contribution in [2.24, 2.45) is 7.05 Å². The first-order chi connectivity index (χ1) is 12.6. The third kappa shape index (κ3) is 3.09. The smallest absolute Gasteiger partial charge is 0.274 e. The number of nitrogens with zero attached hydrogens (tertiary/aromatic N) is 4. The largest absolute Gasteiger partial charge is 0.318 e. The van der Waals surface area contributed by atoms with Crippen LogP contribution in [-0.4, -0.2) is 25.5 Å². The van der Waals surface area contributed by atoms with E-state index in [-0.39, 0.29) is 5.91 Å². The molecule has 1 N–H and O–H groups in total. The van der Waals surface area contributed by atoms with Gasteiger partial charge in [-0.2, -0.15) is 10.2 Å². The van der Waals surface area contributed by atoms with Crippen LogP contribution in [0.25, 0.3) is 10.8 Å². The zero-order chi connectivity index (χ0) is 18.1. The van der Waals surface area contributed by atoms with E-state index in [2.05, 4.69) is 45.8 Å². The average molecular weight is 345 g/mol. The van der Waals surface area contributed by atoms with Gasteiger partial charge in [0.15, 0.2) is 0 Å². The fraction of sp³-hybridized carbons (Fsp3) is 0.150. The van der Waals surface area contributed by atoms with E-state index in [4.69, 9.17) is 0 Å². The third-order valence-electron chi connectivity index (χ3n) is 4.34. The molecular formula is C20H19N5O. The molecule has 0 radical (unpaired) electrons. The molecule has 0 aliphatic rings. The Kier molecular flexibility index (Phi) is 4.01. The molecule has 6 nitrogen and oxygen atoms in total. The highest BCUT2D eigenvalue weighted by atomic mass is 16.2. The summed E-state index contributed by atoms with van der Waals surface area (Å²) < 4.78 is 3.40. The predicted octanol–water partition coefficient (Wildman–Crippen LogP) is 3.38. The highest BCUT2D eigenvalue weighted by Gasteiger charge is 2.13. The predicted molar refractivity (Wildman–Crippen MR) is 101 cm³/mol. The number of amides is 1. The summed E-state index contributed by atoms with van der Waals surface area (Å²) in [4.78, 5) is 12.4. The lowest BCUT2D eigenvalue weighted by atomic mass is 10.0. The van der Waals surface area contributed by atoms with Gasteiger partial charge in [0.25, 0.3) is 5.91 Å². The standard InChI is InChI=1S/C20H19N5O/c1-14-10-19(24(2)23-14)20(26)22-17-11-21-25(13-17)12-16-8-5-7-15-6-3-4-9-18(15)16/h3-11,13H,12H2,1-2H3,(H,22,26). The van der Waals surface area contributed by atoms with Crippen LogP contribution < -0.4 is 5.32 Å². The Labute approximate surface area is 151 Å². The van der Waals surface area contributed by atoms with Gasteiger partial charge in [-0.25, -0.2) is 0 Å². The summed E-state index contributed by atoms with van der Waals surface area (Å²) in [5, 5.41) is 13.9. The second-order valence-corrected chi connectivity index (χ2v) is 6.31. The van der Waals surface area contributed by atoms with Crippen molar-refractivity contribution in [3.63, 3.8) is 0 Å². The average Bonchev–Trinajstić information content (AvgIpc) is 3.21. The summed E-state index contributed by atoms with van der Waals surface area (Å²) in [6, 6.07) is 16.3. The summed E-state index contributed by atoms with van der Waals surface area (Å²) in [7, 11) is 1.76. The zero-order valence-electron chi connectivity index (χ0n) is 14.7. The molecular weight excluding hydrogens is 326 g/mol. The van der Waals surface area contributed by atoms with Gasteiger partial charge < -0.3 is 5.32 Å². The van der Waals surface area contributed by atoms with E-state index in [1.165, 1.54) is 16.3 Å². The van der Waals surface area contributed by atoms with Gasteiger partial charge in [0.2, 0.25) is 0 Å². The van der Waals surface area contributed by atoms with Crippen LogP contribution in [0.3, 0.4) is 0 Å². The number of fused-ring (bicyclic) bond motifs is 1. The molecule has 4 aromatic rings. The molecule has 1 amide bonds. The van der Waals surface area contributed by atoms with E-state index in [0.717, 1.165) is 5.69 Å². The van der Waals surface area contributed by atoms with Gasteiger partial charge in [-0.15, -0.1) is 0 Å². The van der Waals surface area contributed by atoms with E-state index in [9.17, 15) is 4.79 Å². The van der Waals surface area contributed by atoms with Crippen LogP contribution in [0.2, 0.25) is 0 Å². The van der Waals surface area contributed by atoms with Crippen LogP contribution in [0.1, 0.15) is 21.7 Å². The van der Waals surface area contributed by atoms with Gasteiger partial charge in [0, 0.05) is 13.2 Å². The van der Waals surface area contributed by atoms with Crippen molar-refractivity contribution in [1.29, 1.82) is 0 Å². The lowest BCUT2D eigenvalue weighted by Gasteiger charge is -2.06. The summed E-state index contributed by atoms with van der Waals surface area (Å²) >= 11 is 0. The molecule has 2 aromatic heterocycles. The van der Waals surface area contributed by atoms with Gasteiger partial charge in [-0.05, 0) is 29.3 Å². The van der Waals surface area contributed by atoms with Crippen molar-refractivity contribution < 1.29 is 4.79 Å². The number of aryl methyl sites for hydroxylation is 2. The molecule has 0 aliphatic carbocycles. The molecule has 0 unspecified atom stereocenters. The van der Waals surface area contributed by atoms with Gasteiger partial charge in [0.05, 0.1) is 24.1 Å². The molecule has 2 heterocycles. The second kappa shape index (κ2) is 6.48. The maximum absolute atomic E-state index is 12.4. The second-order valence-electron chi connectivity index (χ2n) is 6.31. The van der Waals surface area contributed by atoms with E-state index in [1.54, 1.807) is 24.0 Å². The third-order valence-corrected chi connectivity index (χ3v) is 4.34. The first-order valence-corrected chi connectivity index (χ1v) is 8.41. The lowest BCUT2D eigenvalue weighted by Crippen LogP contribution is -2.15. The quantitative estimate of drug-likeness (QED) is 0.617. The minimum absolute atomic E-state index is 0.196. The van der Waals surface area contributed by atoms with Crippen LogP contribution >= 0.6 is 0 Å². The molecule has 2 aromatic carbocycles. The van der Waals surface area contributed by atoms with Crippen LogP contribution in [-0.2, 0) is 13.6 Å². The number of nitrogens with one attached hydrogen (secondary N) is 1. The number of aromatic nitrogens is 4. The number of anilines is 1. The fourth-order valence-electron chi connectivity index (χ4n) is 3.14. The topological polar surface area (TPSA) is 64.7 Å². The van der Waals surface area contributed by atoms with Crippen molar-refractivity contribution >= 4 is 22.4 Å². The number of carbonyl (C=O) groups is 1. The van der Waals surface area contributed by atoms with Crippen LogP contribution in [0.4, 0.5) is 5.69 Å². The Bertz CT molecular complexity index is 1090. The highest BCUT2D eigenvalue weighted by molar-refractivity contribution is 6.03. The summed E-state index contributed by atoms with van der Waals surface area (Å²) in [5.74, 6) is -0.196. The maximum Gasteiger partial charge on any atom is 0.274 e. The van der Waals surface area contributed by atoms with Gasteiger partial charge in [-0.1, -0.05) is 42.5 Å². The first-order valence-electron chi connectivity index (χ1n) is 8.41. The van der Waals surface area contributed by atoms with Crippen molar-refractivity contribution in [2.45, 2.75) is 13.5 Å². The molecule has 0 saturated carbocycles. The summed E-state index contributed by atoms with van der Waals surface area (Å²) in [6.45, 7) is 2.50. The summed E-state index contributed by atoms with van der Waals surface area (Å²) in [5.41, 5.74) is 3.18. The van der Waals surface area contributed by atoms with Gasteiger partial charge in [-0.3, -0.25) is 14.2 Å². The molecule has 0 fully saturated rings. The van der Waals surface area contributed by atoms with Crippen molar-refractivity contribution in [3.05, 3.63) is 77.9 Å². The van der Waals surface area contributed by atoms with Gasteiger partial charge >= 0.3 is 0 Å². The van der Waals surface area contributed by atoms with Crippen LogP contribution in [0.15, 0.2) is 60.9 Å². The molecule has 0 spiro atoms. The van der Waals surface area contributed by atoms with Crippen molar-refractivity contribution in [3.8, 4) is 0 Å². The van der Waals surface area contributed by atoms with E-state index < -0.39 is 0 Å². The molecule has 6 heteroatoms. The zero-order valence-corrected chi connectivity index (χ0v) is 14.7. The Hall–Kier alpha value is -3.41. The molecule has 0 bridgehead atoms. The highest BCUT2D eigenvalue weighted by Crippen LogP contribution is 2.20. The Morgan fingerprint density at radius 2 is 1.96 bits per heavy atom. The summed E-state index contributed by atoms with van der Waals surface area (Å²) in [6.07, 6.45) is 3.50. The van der Waals surface area contributed by atoms with Crippen molar-refractivity contribution in [2.75, 3.05) is 5.32 Å². The molecule has 130 valence electrons. The maximum atomic E-state index is 12.4. The molecule has 0 aliphatic heterocycles. The van der Waals surface area contributed by atoms with Gasteiger partial charge in [0.1, 0.15) is 5.69 Å². The number of rotatable bonds is 4. The number of hydrogen-bond donors (Lipinski definition) is 1. The number of benzene rings is 2. The minimum Gasteiger partial charge on any atom is -0.318 e. The Morgan fingerprint density at radius 3 is 2.77 bits per heavy atom. The van der Waals surface area contributed by atoms with Crippen LogP contribution in [0, 0.1) is 6.92 Å². The van der Waals surface area contributed by atoms with E-state index in [1.807, 2.05) is 29.9 Å². The lowest BCUT2D eigenvalue weighted by molar-refractivity contribution is 0.101. The minimum atomic E-state index is -0.196. The molecule has 0 atom stereocenters. The fourth-order valence-corrected chi connectivity index (χ4v) is 3.14. The number of carbonyl (C=O) groups excluding carboxylic acids is 1. The molecule has 26 heavy (non-hydrogen) atoms. The molecule has 0 saturated heterocycles. The van der Waals surface area contributed by atoms with E-state index in [0.29, 0.717) is 17.9 Å². The normalized spacial score (nSPS) is 11.0. The molecule has 4 rings (SSSR count). The Morgan fingerprint density at radius 1 is 1.15 bits per heavy atom. The van der Waals surface area contributed by atoms with E-state index >= 15 is 0 Å². The number of hydrogen-bond acceptors (Lipinski definition) is 3. The van der Waals surface area contributed by atoms with Crippen molar-refractivity contribution in [1.82, 2.24) is 19.6 Å². The first kappa shape index (κ1) is 16.1. The monoisotopic (exact) mass is 345 g/mol. The Balaban J connectivity index is 1.53. The SMILES string of the molecule is Cc1cc(C(=O)Nc2cnn(Cc3cccc4ccccc34)c2)n(C)n1. The van der Waals surface area contributed by atoms with Crippen LogP contribution in [0.5, 0.6) is 0 Å².